The maximum Gasteiger partial charge on any atom is 0.0763 e. The summed E-state index contributed by atoms with van der Waals surface area (Å²) in [6.07, 6.45) is 3.53. The molecule has 0 bridgehead atoms. The average Bonchev–Trinajstić information content (AvgIpc) is 2.01. The van der Waals surface area contributed by atoms with Crippen LogP contribution in [0.4, 0.5) is 5.69 Å². The van der Waals surface area contributed by atoms with E-state index in [0.717, 1.165) is 11.3 Å². The molecular weight excluding hydrogens is 164 g/mol. The Bertz CT molecular complexity index is 278. The van der Waals surface area contributed by atoms with Crippen LogP contribution in [-0.2, 0) is 0 Å². The first kappa shape index (κ1) is 9.99. The van der Waals surface area contributed by atoms with E-state index in [-0.39, 0.29) is 0 Å². The van der Waals surface area contributed by atoms with Gasteiger partial charge in [0.2, 0.25) is 0 Å². The first-order chi connectivity index (χ1) is 5.99. The Morgan fingerprint density at radius 3 is 2.77 bits per heavy atom. The first-order valence-corrected chi connectivity index (χ1v) is 4.36. The van der Waals surface area contributed by atoms with Gasteiger partial charge in [-0.15, -0.1) is 0 Å². The molecule has 0 spiro atoms. The molecular formula is C10H16N2O. The minimum Gasteiger partial charge on any atom is -0.389 e. The number of nitrogens with one attached hydrogen (secondary N) is 1. The van der Waals surface area contributed by atoms with Gasteiger partial charge in [-0.2, -0.15) is 0 Å². The molecule has 13 heavy (non-hydrogen) atoms. The molecule has 0 atom stereocenters. The largest absolute Gasteiger partial charge is 0.389 e. The second-order valence-electron chi connectivity index (χ2n) is 3.86. The van der Waals surface area contributed by atoms with Gasteiger partial charge in [-0.05, 0) is 32.4 Å². The summed E-state index contributed by atoms with van der Waals surface area (Å²) in [5.41, 5.74) is 1.43. The molecule has 0 amide bonds. The summed E-state index contributed by atoms with van der Waals surface area (Å²) < 4.78 is 0. The van der Waals surface area contributed by atoms with Gasteiger partial charge in [0.15, 0.2) is 0 Å². The number of aliphatic hydroxyl groups is 1. The van der Waals surface area contributed by atoms with Gasteiger partial charge in [-0.3, -0.25) is 4.98 Å². The van der Waals surface area contributed by atoms with Crippen molar-refractivity contribution in [3.63, 3.8) is 0 Å². The van der Waals surface area contributed by atoms with Crippen molar-refractivity contribution in [2.75, 3.05) is 11.9 Å². The summed E-state index contributed by atoms with van der Waals surface area (Å²) in [5.74, 6) is 0. The molecule has 1 heterocycles. The fourth-order valence-corrected chi connectivity index (χ4v) is 0.983. The van der Waals surface area contributed by atoms with Crippen LogP contribution in [0.15, 0.2) is 18.5 Å². The molecule has 1 aromatic heterocycles. The highest BCUT2D eigenvalue weighted by atomic mass is 16.3. The second kappa shape index (κ2) is 3.75. The number of pyridine rings is 1. The normalized spacial score (nSPS) is 11.4. The van der Waals surface area contributed by atoms with Crippen molar-refractivity contribution in [3.05, 3.63) is 24.0 Å². The zero-order chi connectivity index (χ0) is 9.90. The Hall–Kier alpha value is -1.09. The topological polar surface area (TPSA) is 45.2 Å². The van der Waals surface area contributed by atoms with Gasteiger partial charge in [-0.25, -0.2) is 0 Å². The van der Waals surface area contributed by atoms with Crippen LogP contribution in [0.25, 0.3) is 0 Å². The van der Waals surface area contributed by atoms with E-state index < -0.39 is 5.60 Å². The Morgan fingerprint density at radius 2 is 2.23 bits per heavy atom. The lowest BCUT2D eigenvalue weighted by atomic mass is 10.1. The molecule has 0 aliphatic carbocycles. The third-order valence-corrected chi connectivity index (χ3v) is 1.73. The van der Waals surface area contributed by atoms with Gasteiger partial charge in [0.25, 0.3) is 0 Å². The molecule has 1 aromatic rings. The highest BCUT2D eigenvalue weighted by Gasteiger charge is 2.11. The van der Waals surface area contributed by atoms with E-state index in [2.05, 4.69) is 10.3 Å². The van der Waals surface area contributed by atoms with Gasteiger partial charge in [0.05, 0.1) is 5.60 Å². The Labute approximate surface area is 78.8 Å². The molecule has 0 saturated heterocycles. The quantitative estimate of drug-likeness (QED) is 0.742. The molecule has 3 heteroatoms. The molecule has 3 nitrogen and oxygen atoms in total. The number of aromatic nitrogens is 1. The summed E-state index contributed by atoms with van der Waals surface area (Å²) in [5, 5.41) is 12.7. The van der Waals surface area contributed by atoms with Gasteiger partial charge in [0.1, 0.15) is 0 Å². The zero-order valence-corrected chi connectivity index (χ0v) is 8.33. The summed E-state index contributed by atoms with van der Waals surface area (Å²) in [4.78, 5) is 3.99. The van der Waals surface area contributed by atoms with Gasteiger partial charge in [-0.1, -0.05) is 0 Å². The van der Waals surface area contributed by atoms with Crippen LogP contribution in [-0.4, -0.2) is 22.2 Å². The highest BCUT2D eigenvalue weighted by Crippen LogP contribution is 2.12. The van der Waals surface area contributed by atoms with Crippen molar-refractivity contribution in [2.45, 2.75) is 26.4 Å². The Morgan fingerprint density at radius 1 is 1.54 bits per heavy atom. The maximum absolute atomic E-state index is 9.49. The number of aryl methyl sites for hydroxylation is 1. The van der Waals surface area contributed by atoms with E-state index in [9.17, 15) is 5.11 Å². The lowest BCUT2D eigenvalue weighted by Crippen LogP contribution is -2.29. The summed E-state index contributed by atoms with van der Waals surface area (Å²) >= 11 is 0. The van der Waals surface area contributed by atoms with Crippen molar-refractivity contribution < 1.29 is 5.11 Å². The van der Waals surface area contributed by atoms with Gasteiger partial charge >= 0.3 is 0 Å². The Kier molecular flexibility index (Phi) is 2.88. The molecule has 0 fully saturated rings. The van der Waals surface area contributed by atoms with Crippen LogP contribution in [0.3, 0.4) is 0 Å². The molecule has 2 N–H and O–H groups in total. The average molecular weight is 180 g/mol. The fraction of sp³-hybridized carbons (Fsp3) is 0.500. The number of nitrogens with zero attached hydrogens (tertiary/aromatic N) is 1. The maximum atomic E-state index is 9.49. The third kappa shape index (κ3) is 3.42. The fourth-order valence-electron chi connectivity index (χ4n) is 0.983. The lowest BCUT2D eigenvalue weighted by molar-refractivity contribution is 0.0945. The number of anilines is 1. The minimum absolute atomic E-state index is 0.540. The van der Waals surface area contributed by atoms with Crippen LogP contribution in [0.1, 0.15) is 19.4 Å². The van der Waals surface area contributed by atoms with Gasteiger partial charge in [0, 0.05) is 24.6 Å². The van der Waals surface area contributed by atoms with Crippen LogP contribution in [0.5, 0.6) is 0 Å². The monoisotopic (exact) mass is 180 g/mol. The molecule has 0 aromatic carbocycles. The van der Waals surface area contributed by atoms with E-state index in [1.54, 1.807) is 26.2 Å². The lowest BCUT2D eigenvalue weighted by Gasteiger charge is -2.19. The third-order valence-electron chi connectivity index (χ3n) is 1.73. The van der Waals surface area contributed by atoms with E-state index in [0.29, 0.717) is 6.54 Å². The summed E-state index contributed by atoms with van der Waals surface area (Å²) in [6.45, 7) is 6.07. The second-order valence-corrected chi connectivity index (χ2v) is 3.86. The molecule has 72 valence electrons. The predicted molar refractivity (Wildman–Crippen MR) is 53.8 cm³/mol. The minimum atomic E-state index is -0.685. The van der Waals surface area contributed by atoms with Crippen molar-refractivity contribution >= 4 is 5.69 Å². The highest BCUT2D eigenvalue weighted by molar-refractivity contribution is 5.48. The number of hydrogen-bond acceptors (Lipinski definition) is 3. The molecule has 0 saturated carbocycles. The van der Waals surface area contributed by atoms with Crippen LogP contribution in [0, 0.1) is 6.92 Å². The zero-order valence-electron chi connectivity index (χ0n) is 8.33. The molecule has 0 aliphatic heterocycles. The van der Waals surface area contributed by atoms with E-state index in [1.165, 1.54) is 0 Å². The van der Waals surface area contributed by atoms with Crippen molar-refractivity contribution in [1.82, 2.24) is 4.98 Å². The SMILES string of the molecule is Cc1cnccc1NCC(C)(C)O. The van der Waals surface area contributed by atoms with Gasteiger partial charge < -0.3 is 10.4 Å². The van der Waals surface area contributed by atoms with Crippen LogP contribution in [0.2, 0.25) is 0 Å². The molecule has 1 rings (SSSR count). The summed E-state index contributed by atoms with van der Waals surface area (Å²) in [6, 6.07) is 1.90. The molecule has 0 aliphatic rings. The smallest absolute Gasteiger partial charge is 0.0763 e. The van der Waals surface area contributed by atoms with Crippen molar-refractivity contribution in [3.8, 4) is 0 Å². The van der Waals surface area contributed by atoms with E-state index in [4.69, 9.17) is 0 Å². The first-order valence-electron chi connectivity index (χ1n) is 4.36. The van der Waals surface area contributed by atoms with Crippen LogP contribution < -0.4 is 5.32 Å². The Balaban J connectivity index is 2.60. The summed E-state index contributed by atoms with van der Waals surface area (Å²) in [7, 11) is 0. The number of hydrogen-bond donors (Lipinski definition) is 2. The predicted octanol–water partition coefficient (Wildman–Crippen LogP) is 1.57. The standard InChI is InChI=1S/C10H16N2O/c1-8-6-11-5-4-9(8)12-7-10(2,3)13/h4-6,13H,7H2,1-3H3,(H,11,12). The van der Waals surface area contributed by atoms with E-state index in [1.807, 2.05) is 13.0 Å². The van der Waals surface area contributed by atoms with Crippen molar-refractivity contribution in [1.29, 1.82) is 0 Å². The van der Waals surface area contributed by atoms with Crippen LogP contribution >= 0.6 is 0 Å². The molecule has 0 unspecified atom stereocenters. The number of rotatable bonds is 3. The van der Waals surface area contributed by atoms with Crippen molar-refractivity contribution in [2.24, 2.45) is 0 Å². The van der Waals surface area contributed by atoms with E-state index >= 15 is 0 Å². The molecule has 0 radical (unpaired) electrons.